The SMILES string of the molecule is CCOCCCNC(=NCCCOC)N(C)Cc1cnn(C)c1.I. The summed E-state index contributed by atoms with van der Waals surface area (Å²) in [6, 6.07) is 0. The first-order chi connectivity index (χ1) is 11.2. The molecule has 1 aromatic heterocycles. The summed E-state index contributed by atoms with van der Waals surface area (Å²) in [5.74, 6) is 0.904. The van der Waals surface area contributed by atoms with E-state index in [1.165, 1.54) is 0 Å². The lowest BCUT2D eigenvalue weighted by Crippen LogP contribution is -2.39. The Bertz CT molecular complexity index is 453. The second kappa shape index (κ2) is 14.5. The van der Waals surface area contributed by atoms with E-state index in [-0.39, 0.29) is 24.0 Å². The molecule has 0 radical (unpaired) electrons. The third-order valence-corrected chi connectivity index (χ3v) is 3.26. The van der Waals surface area contributed by atoms with E-state index >= 15 is 0 Å². The van der Waals surface area contributed by atoms with Crippen LogP contribution >= 0.6 is 24.0 Å². The molecule has 140 valence electrons. The fourth-order valence-electron chi connectivity index (χ4n) is 2.13. The summed E-state index contributed by atoms with van der Waals surface area (Å²) >= 11 is 0. The van der Waals surface area contributed by atoms with Crippen molar-refractivity contribution in [1.29, 1.82) is 0 Å². The van der Waals surface area contributed by atoms with Crippen molar-refractivity contribution in [1.82, 2.24) is 20.0 Å². The predicted molar refractivity (Wildman–Crippen MR) is 108 cm³/mol. The van der Waals surface area contributed by atoms with Gasteiger partial charge in [-0.3, -0.25) is 9.67 Å². The van der Waals surface area contributed by atoms with Crippen LogP contribution in [0.25, 0.3) is 0 Å². The van der Waals surface area contributed by atoms with E-state index in [1.54, 1.807) is 7.11 Å². The average molecular weight is 453 g/mol. The van der Waals surface area contributed by atoms with Crippen molar-refractivity contribution >= 4 is 29.9 Å². The van der Waals surface area contributed by atoms with Crippen LogP contribution in [0, 0.1) is 0 Å². The van der Waals surface area contributed by atoms with Gasteiger partial charge < -0.3 is 19.7 Å². The molecule has 1 aromatic rings. The van der Waals surface area contributed by atoms with E-state index in [1.807, 2.05) is 38.1 Å². The molecule has 0 atom stereocenters. The molecule has 0 spiro atoms. The molecule has 8 heteroatoms. The number of aliphatic imine (C=N–C) groups is 1. The van der Waals surface area contributed by atoms with Gasteiger partial charge in [0.1, 0.15) is 0 Å². The van der Waals surface area contributed by atoms with E-state index < -0.39 is 0 Å². The molecule has 1 rings (SSSR count). The number of nitrogens with one attached hydrogen (secondary N) is 1. The van der Waals surface area contributed by atoms with Crippen molar-refractivity contribution in [2.45, 2.75) is 26.3 Å². The molecule has 0 unspecified atom stereocenters. The van der Waals surface area contributed by atoms with E-state index in [4.69, 9.17) is 9.47 Å². The minimum atomic E-state index is 0. The molecule has 0 aliphatic carbocycles. The molecular weight excluding hydrogens is 421 g/mol. The van der Waals surface area contributed by atoms with Gasteiger partial charge in [0.2, 0.25) is 0 Å². The monoisotopic (exact) mass is 453 g/mol. The lowest BCUT2D eigenvalue weighted by molar-refractivity contribution is 0.145. The Morgan fingerprint density at radius 2 is 2.17 bits per heavy atom. The first kappa shape index (κ1) is 23.1. The second-order valence-electron chi connectivity index (χ2n) is 5.41. The van der Waals surface area contributed by atoms with Gasteiger partial charge in [0.25, 0.3) is 0 Å². The highest BCUT2D eigenvalue weighted by molar-refractivity contribution is 14.0. The van der Waals surface area contributed by atoms with Crippen molar-refractivity contribution in [3.63, 3.8) is 0 Å². The summed E-state index contributed by atoms with van der Waals surface area (Å²) in [4.78, 5) is 6.78. The van der Waals surface area contributed by atoms with E-state index in [0.29, 0.717) is 0 Å². The maximum absolute atomic E-state index is 5.37. The lowest BCUT2D eigenvalue weighted by Gasteiger charge is -2.22. The Balaban J connectivity index is 0.00000529. The van der Waals surface area contributed by atoms with Crippen LogP contribution < -0.4 is 5.32 Å². The normalized spacial score (nSPS) is 11.2. The topological polar surface area (TPSA) is 63.9 Å². The van der Waals surface area contributed by atoms with Gasteiger partial charge in [0.05, 0.1) is 6.20 Å². The molecular formula is C16H32IN5O2. The Morgan fingerprint density at radius 3 is 2.79 bits per heavy atom. The second-order valence-corrected chi connectivity index (χ2v) is 5.41. The molecule has 0 bridgehead atoms. The third-order valence-electron chi connectivity index (χ3n) is 3.26. The molecule has 0 fully saturated rings. The van der Waals surface area contributed by atoms with E-state index in [2.05, 4.69) is 20.3 Å². The van der Waals surface area contributed by atoms with Crippen LogP contribution in [0.1, 0.15) is 25.3 Å². The number of guanidine groups is 1. The summed E-state index contributed by atoms with van der Waals surface area (Å²) in [7, 11) is 5.68. The molecule has 0 aliphatic rings. The maximum atomic E-state index is 5.37. The predicted octanol–water partition coefficient (Wildman–Crippen LogP) is 1.88. The van der Waals surface area contributed by atoms with Gasteiger partial charge >= 0.3 is 0 Å². The number of halogens is 1. The Morgan fingerprint density at radius 1 is 1.38 bits per heavy atom. The number of aryl methyl sites for hydroxylation is 1. The maximum Gasteiger partial charge on any atom is 0.193 e. The van der Waals surface area contributed by atoms with Crippen molar-refractivity contribution in [3.8, 4) is 0 Å². The molecule has 24 heavy (non-hydrogen) atoms. The largest absolute Gasteiger partial charge is 0.385 e. The van der Waals surface area contributed by atoms with Gasteiger partial charge in [-0.25, -0.2) is 0 Å². The van der Waals surface area contributed by atoms with Gasteiger partial charge in [-0.15, -0.1) is 24.0 Å². The number of nitrogens with zero attached hydrogens (tertiary/aromatic N) is 4. The van der Waals surface area contributed by atoms with E-state index in [9.17, 15) is 0 Å². The van der Waals surface area contributed by atoms with Crippen molar-refractivity contribution in [2.75, 3.05) is 47.1 Å². The zero-order valence-electron chi connectivity index (χ0n) is 15.3. The first-order valence-electron chi connectivity index (χ1n) is 8.21. The van der Waals surface area contributed by atoms with Crippen LogP contribution in [0.5, 0.6) is 0 Å². The summed E-state index contributed by atoms with van der Waals surface area (Å²) in [5, 5.41) is 7.62. The zero-order valence-corrected chi connectivity index (χ0v) is 17.7. The summed E-state index contributed by atoms with van der Waals surface area (Å²) in [6.07, 6.45) is 5.79. The molecule has 0 aliphatic heterocycles. The zero-order chi connectivity index (χ0) is 16.9. The van der Waals surface area contributed by atoms with Gasteiger partial charge in [-0.1, -0.05) is 0 Å². The molecule has 1 N–H and O–H groups in total. The standard InChI is InChI=1S/C16H31N5O2.HI/c1-5-23-11-7-9-18-16(17-8-6-10-22-4)20(2)13-15-12-19-21(3)14-15;/h12,14H,5-11,13H2,1-4H3,(H,17,18);1H. The lowest BCUT2D eigenvalue weighted by atomic mass is 10.3. The van der Waals surface area contributed by atoms with Gasteiger partial charge in [-0.2, -0.15) is 5.10 Å². The molecule has 0 saturated heterocycles. The highest BCUT2D eigenvalue weighted by Gasteiger charge is 2.08. The number of ether oxygens (including phenoxy) is 2. The fourth-order valence-corrected chi connectivity index (χ4v) is 2.13. The number of methoxy groups -OCH3 is 1. The Kier molecular flexibility index (Phi) is 13.9. The van der Waals surface area contributed by atoms with Crippen molar-refractivity contribution in [2.24, 2.45) is 12.0 Å². The quantitative estimate of drug-likeness (QED) is 0.240. The van der Waals surface area contributed by atoms with Gasteiger partial charge in [0.15, 0.2) is 5.96 Å². The minimum absolute atomic E-state index is 0. The molecule has 0 aromatic carbocycles. The molecule has 0 saturated carbocycles. The molecule has 7 nitrogen and oxygen atoms in total. The Hall–Kier alpha value is -0.870. The van der Waals surface area contributed by atoms with Crippen LogP contribution in [-0.2, 0) is 23.1 Å². The average Bonchev–Trinajstić information content (AvgIpc) is 2.94. The first-order valence-corrected chi connectivity index (χ1v) is 8.21. The van der Waals surface area contributed by atoms with Crippen LogP contribution in [0.3, 0.4) is 0 Å². The van der Waals surface area contributed by atoms with Gasteiger partial charge in [0, 0.05) is 72.4 Å². The Labute approximate surface area is 162 Å². The summed E-state index contributed by atoms with van der Waals surface area (Å²) < 4.78 is 12.3. The van der Waals surface area contributed by atoms with Gasteiger partial charge in [-0.05, 0) is 19.8 Å². The highest BCUT2D eigenvalue weighted by Crippen LogP contribution is 2.02. The number of hydrogen-bond donors (Lipinski definition) is 1. The highest BCUT2D eigenvalue weighted by atomic mass is 127. The fraction of sp³-hybridized carbons (Fsp3) is 0.750. The number of aromatic nitrogens is 2. The minimum Gasteiger partial charge on any atom is -0.385 e. The summed E-state index contributed by atoms with van der Waals surface area (Å²) in [6.45, 7) is 6.64. The smallest absolute Gasteiger partial charge is 0.193 e. The number of hydrogen-bond acceptors (Lipinski definition) is 4. The van der Waals surface area contributed by atoms with Crippen LogP contribution in [0.2, 0.25) is 0 Å². The number of rotatable bonds is 11. The molecule has 1 heterocycles. The summed E-state index contributed by atoms with van der Waals surface area (Å²) in [5.41, 5.74) is 1.16. The van der Waals surface area contributed by atoms with E-state index in [0.717, 1.165) is 63.8 Å². The third kappa shape index (κ3) is 10.1. The van der Waals surface area contributed by atoms with Crippen molar-refractivity contribution in [3.05, 3.63) is 18.0 Å². The van der Waals surface area contributed by atoms with Crippen LogP contribution in [-0.4, -0.2) is 67.7 Å². The van der Waals surface area contributed by atoms with Crippen molar-refractivity contribution < 1.29 is 9.47 Å². The van der Waals surface area contributed by atoms with Crippen LogP contribution in [0.15, 0.2) is 17.4 Å². The van der Waals surface area contributed by atoms with Crippen LogP contribution in [0.4, 0.5) is 0 Å². The molecule has 0 amide bonds.